The predicted molar refractivity (Wildman–Crippen MR) is 126 cm³/mol. The molecule has 32 heavy (non-hydrogen) atoms. The molecule has 2 aromatic heterocycles. The number of amides is 2. The van der Waals surface area contributed by atoms with Gasteiger partial charge in [0, 0.05) is 6.54 Å². The Labute approximate surface area is 190 Å². The number of fused-ring (bicyclic) bond motifs is 1. The number of hydrogen-bond donors (Lipinski definition) is 2. The number of thiophene rings is 1. The standard InChI is InChI=1S/C25H24N4O2S/c30-24(21-12-6-14-29(21)25(31)22-13-7-15-32-22)28-20(16-17-8-2-1-3-9-17)23-26-18-10-4-5-11-19(18)27-23/h1-5,7-11,13,15,20-21H,6,12,14,16H2,(H,26,27)(H,28,30)/t20-,21-/m1/s1. The van der Waals surface area contributed by atoms with E-state index < -0.39 is 6.04 Å². The van der Waals surface area contributed by atoms with Crippen molar-refractivity contribution in [2.45, 2.75) is 31.3 Å². The van der Waals surface area contributed by atoms with Gasteiger partial charge in [0.05, 0.1) is 22.0 Å². The second kappa shape index (κ2) is 8.96. The molecule has 0 bridgehead atoms. The smallest absolute Gasteiger partial charge is 0.264 e. The third-order valence-electron chi connectivity index (χ3n) is 5.89. The van der Waals surface area contributed by atoms with E-state index in [1.807, 2.05) is 72.1 Å². The predicted octanol–water partition coefficient (Wildman–Crippen LogP) is 4.33. The maximum absolute atomic E-state index is 13.4. The minimum absolute atomic E-state index is 0.0685. The minimum atomic E-state index is -0.466. The van der Waals surface area contributed by atoms with Crippen molar-refractivity contribution in [2.75, 3.05) is 6.54 Å². The number of likely N-dealkylation sites (tertiary alicyclic amines) is 1. The van der Waals surface area contributed by atoms with E-state index in [-0.39, 0.29) is 17.9 Å². The Kier molecular flexibility index (Phi) is 5.73. The Balaban J connectivity index is 1.40. The van der Waals surface area contributed by atoms with E-state index in [2.05, 4.69) is 10.3 Å². The summed E-state index contributed by atoms with van der Waals surface area (Å²) in [7, 11) is 0. The molecule has 3 heterocycles. The van der Waals surface area contributed by atoms with Gasteiger partial charge in [0.25, 0.3) is 5.91 Å². The number of carbonyl (C=O) groups excluding carboxylic acids is 2. The molecule has 4 aromatic rings. The maximum atomic E-state index is 13.4. The van der Waals surface area contributed by atoms with Gasteiger partial charge in [-0.05, 0) is 48.4 Å². The first-order valence-electron chi connectivity index (χ1n) is 10.8. The van der Waals surface area contributed by atoms with Crippen molar-refractivity contribution in [3.63, 3.8) is 0 Å². The second-order valence-corrected chi connectivity index (χ2v) is 8.97. The number of nitrogens with zero attached hydrogens (tertiary/aromatic N) is 2. The van der Waals surface area contributed by atoms with Crippen LogP contribution in [0.2, 0.25) is 0 Å². The van der Waals surface area contributed by atoms with E-state index in [9.17, 15) is 9.59 Å². The second-order valence-electron chi connectivity index (χ2n) is 8.02. The molecule has 1 saturated heterocycles. The number of nitrogens with one attached hydrogen (secondary N) is 2. The van der Waals surface area contributed by atoms with Crippen LogP contribution in [0.5, 0.6) is 0 Å². The van der Waals surface area contributed by atoms with Crippen molar-refractivity contribution < 1.29 is 9.59 Å². The molecule has 2 aromatic carbocycles. The van der Waals surface area contributed by atoms with Crippen molar-refractivity contribution >= 4 is 34.2 Å². The van der Waals surface area contributed by atoms with E-state index in [0.29, 0.717) is 24.3 Å². The van der Waals surface area contributed by atoms with E-state index in [4.69, 9.17) is 4.98 Å². The fourth-order valence-electron chi connectivity index (χ4n) is 4.30. The van der Waals surface area contributed by atoms with Gasteiger partial charge < -0.3 is 15.2 Å². The van der Waals surface area contributed by atoms with Crippen LogP contribution in [0.3, 0.4) is 0 Å². The highest BCUT2D eigenvalue weighted by atomic mass is 32.1. The van der Waals surface area contributed by atoms with Crippen LogP contribution in [0.15, 0.2) is 72.1 Å². The van der Waals surface area contributed by atoms with Crippen molar-refractivity contribution in [1.29, 1.82) is 0 Å². The Morgan fingerprint density at radius 3 is 2.69 bits per heavy atom. The molecule has 162 valence electrons. The monoisotopic (exact) mass is 444 g/mol. The molecule has 0 saturated carbocycles. The van der Waals surface area contributed by atoms with Crippen LogP contribution in [0, 0.1) is 0 Å². The third kappa shape index (κ3) is 4.16. The lowest BCUT2D eigenvalue weighted by Crippen LogP contribution is -2.47. The lowest BCUT2D eigenvalue weighted by Gasteiger charge is -2.26. The number of para-hydroxylation sites is 2. The van der Waals surface area contributed by atoms with E-state index in [1.165, 1.54) is 11.3 Å². The lowest BCUT2D eigenvalue weighted by atomic mass is 10.0. The van der Waals surface area contributed by atoms with Gasteiger partial charge in [-0.25, -0.2) is 4.98 Å². The molecular weight excluding hydrogens is 420 g/mol. The Bertz CT molecular complexity index is 1190. The highest BCUT2D eigenvalue weighted by Gasteiger charge is 2.36. The Hall–Kier alpha value is -3.45. The first kappa shape index (κ1) is 20.5. The molecule has 0 unspecified atom stereocenters. The summed E-state index contributed by atoms with van der Waals surface area (Å²) in [5.41, 5.74) is 2.91. The first-order valence-corrected chi connectivity index (χ1v) is 11.7. The van der Waals surface area contributed by atoms with Crippen LogP contribution in [0.25, 0.3) is 11.0 Å². The van der Waals surface area contributed by atoms with Gasteiger partial charge in [0.1, 0.15) is 11.9 Å². The van der Waals surface area contributed by atoms with E-state index in [1.54, 1.807) is 4.90 Å². The lowest BCUT2D eigenvalue weighted by molar-refractivity contribution is -0.125. The molecule has 1 aliphatic rings. The molecule has 1 fully saturated rings. The summed E-state index contributed by atoms with van der Waals surface area (Å²) in [5, 5.41) is 5.08. The molecule has 1 aliphatic heterocycles. The Morgan fingerprint density at radius 1 is 1.09 bits per heavy atom. The zero-order valence-electron chi connectivity index (χ0n) is 17.5. The molecule has 7 heteroatoms. The van der Waals surface area contributed by atoms with Crippen molar-refractivity contribution in [1.82, 2.24) is 20.2 Å². The number of hydrogen-bond acceptors (Lipinski definition) is 4. The van der Waals surface area contributed by atoms with E-state index >= 15 is 0 Å². The SMILES string of the molecule is O=C(N[C@H](Cc1ccccc1)c1nc2ccccc2[nH]1)[C@H]1CCCN1C(=O)c1cccs1. The van der Waals surface area contributed by atoms with Crippen LogP contribution in [-0.4, -0.2) is 39.3 Å². The fourth-order valence-corrected chi connectivity index (χ4v) is 4.97. The number of benzene rings is 2. The van der Waals surface area contributed by atoms with Gasteiger partial charge in [-0.3, -0.25) is 9.59 Å². The number of H-pyrrole nitrogens is 1. The largest absolute Gasteiger partial charge is 0.344 e. The first-order chi connectivity index (χ1) is 15.7. The summed E-state index contributed by atoms with van der Waals surface area (Å²) < 4.78 is 0. The zero-order chi connectivity index (χ0) is 21.9. The molecule has 2 N–H and O–H groups in total. The quantitative estimate of drug-likeness (QED) is 0.465. The van der Waals surface area contributed by atoms with Gasteiger partial charge >= 0.3 is 0 Å². The third-order valence-corrected chi connectivity index (χ3v) is 6.74. The molecule has 6 nitrogen and oxygen atoms in total. The molecule has 5 rings (SSSR count). The van der Waals surface area contributed by atoms with Gasteiger partial charge in [0.2, 0.25) is 5.91 Å². The van der Waals surface area contributed by atoms with Crippen molar-refractivity contribution in [3.8, 4) is 0 Å². The molecule has 0 spiro atoms. The highest BCUT2D eigenvalue weighted by molar-refractivity contribution is 7.12. The maximum Gasteiger partial charge on any atom is 0.264 e. The number of aromatic amines is 1. The highest BCUT2D eigenvalue weighted by Crippen LogP contribution is 2.25. The number of carbonyl (C=O) groups is 2. The normalized spacial score (nSPS) is 16.9. The molecule has 0 radical (unpaired) electrons. The van der Waals surface area contributed by atoms with Crippen molar-refractivity contribution in [2.24, 2.45) is 0 Å². The van der Waals surface area contributed by atoms with Gasteiger partial charge in [-0.15, -0.1) is 11.3 Å². The van der Waals surface area contributed by atoms with Crippen molar-refractivity contribution in [3.05, 3.63) is 88.4 Å². The summed E-state index contributed by atoms with van der Waals surface area (Å²) >= 11 is 1.41. The molecule has 2 amide bonds. The Morgan fingerprint density at radius 2 is 1.91 bits per heavy atom. The summed E-state index contributed by atoms with van der Waals surface area (Å²) in [6, 6.07) is 20.8. The van der Waals surface area contributed by atoms with Gasteiger partial charge in [-0.1, -0.05) is 48.5 Å². The van der Waals surface area contributed by atoms with Crippen LogP contribution in [-0.2, 0) is 11.2 Å². The summed E-state index contributed by atoms with van der Waals surface area (Å²) in [6.07, 6.45) is 2.10. The average Bonchev–Trinajstić information content (AvgIpc) is 3.59. The summed E-state index contributed by atoms with van der Waals surface area (Å²) in [5.74, 6) is 0.521. The topological polar surface area (TPSA) is 78.1 Å². The number of aromatic nitrogens is 2. The van der Waals surface area contributed by atoms with Gasteiger partial charge in [0.15, 0.2) is 0 Å². The van der Waals surface area contributed by atoms with E-state index in [0.717, 1.165) is 28.8 Å². The van der Waals surface area contributed by atoms with Gasteiger partial charge in [-0.2, -0.15) is 0 Å². The molecule has 2 atom stereocenters. The average molecular weight is 445 g/mol. The fraction of sp³-hybridized carbons (Fsp3) is 0.240. The number of imidazole rings is 1. The van der Waals surface area contributed by atoms with Crippen LogP contribution < -0.4 is 5.32 Å². The molecule has 0 aliphatic carbocycles. The minimum Gasteiger partial charge on any atom is -0.344 e. The van der Waals surface area contributed by atoms with Crippen LogP contribution >= 0.6 is 11.3 Å². The molecular formula is C25H24N4O2S. The van der Waals surface area contributed by atoms with Crippen LogP contribution in [0.1, 0.15) is 39.9 Å². The summed E-state index contributed by atoms with van der Waals surface area (Å²) in [4.78, 5) is 36.8. The zero-order valence-corrected chi connectivity index (χ0v) is 18.3. The number of rotatable bonds is 6. The van der Waals surface area contributed by atoms with Crippen LogP contribution in [0.4, 0.5) is 0 Å². The summed E-state index contributed by atoms with van der Waals surface area (Å²) in [6.45, 7) is 0.600.